The highest BCUT2D eigenvalue weighted by atomic mass is 32.1. The first-order chi connectivity index (χ1) is 7.81. The molecule has 1 aromatic heterocycles. The van der Waals surface area contributed by atoms with Gasteiger partial charge in [0.25, 0.3) is 0 Å². The van der Waals surface area contributed by atoms with E-state index in [9.17, 15) is 5.11 Å². The zero-order chi connectivity index (χ0) is 11.4. The molecule has 2 unspecified atom stereocenters. The fourth-order valence-corrected chi connectivity index (χ4v) is 3.24. The van der Waals surface area contributed by atoms with E-state index in [-0.39, 0.29) is 0 Å². The zero-order valence-corrected chi connectivity index (χ0v) is 10.6. The van der Waals surface area contributed by atoms with E-state index in [2.05, 4.69) is 17.2 Å². The quantitative estimate of drug-likeness (QED) is 0.827. The molecule has 2 N–H and O–H groups in total. The molecule has 1 saturated carbocycles. The van der Waals surface area contributed by atoms with Crippen LogP contribution in [0.2, 0.25) is 0 Å². The summed E-state index contributed by atoms with van der Waals surface area (Å²) in [4.78, 5) is 5.57. The molecule has 0 saturated heterocycles. The minimum Gasteiger partial charge on any atom is -0.396 e. The molecule has 90 valence electrons. The standard InChI is InChI=1S/C12H20N2OS/c1-9-12(16-8-14-9)6-13-5-10-3-2-4-11(10)7-15/h8,10-11,13,15H,2-7H2,1H3. The van der Waals surface area contributed by atoms with E-state index in [1.54, 1.807) is 11.3 Å². The monoisotopic (exact) mass is 240 g/mol. The van der Waals surface area contributed by atoms with Crippen molar-refractivity contribution in [3.63, 3.8) is 0 Å². The maximum absolute atomic E-state index is 9.23. The van der Waals surface area contributed by atoms with E-state index in [1.165, 1.54) is 24.1 Å². The van der Waals surface area contributed by atoms with Crippen LogP contribution in [0.3, 0.4) is 0 Å². The predicted molar refractivity (Wildman–Crippen MR) is 66.5 cm³/mol. The van der Waals surface area contributed by atoms with Crippen LogP contribution in [-0.2, 0) is 6.54 Å². The maximum Gasteiger partial charge on any atom is 0.0798 e. The lowest BCUT2D eigenvalue weighted by atomic mass is 9.97. The first-order valence-electron chi connectivity index (χ1n) is 6.01. The third kappa shape index (κ3) is 2.81. The molecule has 1 aliphatic carbocycles. The number of aliphatic hydroxyl groups excluding tert-OH is 1. The largest absolute Gasteiger partial charge is 0.396 e. The zero-order valence-electron chi connectivity index (χ0n) is 9.78. The number of nitrogens with zero attached hydrogens (tertiary/aromatic N) is 1. The lowest BCUT2D eigenvalue weighted by Gasteiger charge is -2.17. The maximum atomic E-state index is 9.23. The summed E-state index contributed by atoms with van der Waals surface area (Å²) in [6, 6.07) is 0. The van der Waals surface area contributed by atoms with Gasteiger partial charge in [0.1, 0.15) is 0 Å². The van der Waals surface area contributed by atoms with Gasteiger partial charge in [-0.1, -0.05) is 6.42 Å². The molecule has 3 nitrogen and oxygen atoms in total. The highest BCUT2D eigenvalue weighted by Gasteiger charge is 2.25. The van der Waals surface area contributed by atoms with Crippen LogP contribution in [0.15, 0.2) is 5.51 Å². The molecule has 0 amide bonds. The summed E-state index contributed by atoms with van der Waals surface area (Å²) < 4.78 is 0. The molecule has 1 aromatic rings. The molecule has 16 heavy (non-hydrogen) atoms. The first-order valence-corrected chi connectivity index (χ1v) is 6.89. The van der Waals surface area contributed by atoms with Crippen molar-refractivity contribution in [2.24, 2.45) is 11.8 Å². The van der Waals surface area contributed by atoms with E-state index in [1.807, 2.05) is 5.51 Å². The van der Waals surface area contributed by atoms with Crippen molar-refractivity contribution in [1.82, 2.24) is 10.3 Å². The van der Waals surface area contributed by atoms with Crippen LogP contribution >= 0.6 is 11.3 Å². The average molecular weight is 240 g/mol. The summed E-state index contributed by atoms with van der Waals surface area (Å²) in [6.45, 7) is 4.36. The molecule has 1 heterocycles. The Morgan fingerprint density at radius 2 is 2.31 bits per heavy atom. The molecule has 2 rings (SSSR count). The van der Waals surface area contributed by atoms with E-state index in [4.69, 9.17) is 0 Å². The van der Waals surface area contributed by atoms with Gasteiger partial charge in [-0.2, -0.15) is 0 Å². The molecule has 0 bridgehead atoms. The van der Waals surface area contributed by atoms with Gasteiger partial charge in [-0.3, -0.25) is 0 Å². The van der Waals surface area contributed by atoms with Gasteiger partial charge in [0.05, 0.1) is 11.2 Å². The number of thiazole rings is 1. The van der Waals surface area contributed by atoms with Gasteiger partial charge in [-0.05, 0) is 38.1 Å². The topological polar surface area (TPSA) is 45.2 Å². The minimum atomic E-state index is 0.353. The third-order valence-corrected chi connectivity index (χ3v) is 4.52. The molecule has 1 aliphatic rings. The Kier molecular flexibility index (Phi) is 4.32. The minimum absolute atomic E-state index is 0.353. The molecule has 2 atom stereocenters. The predicted octanol–water partition coefficient (Wildman–Crippen LogP) is 1.95. The Labute approximate surface area is 101 Å². The van der Waals surface area contributed by atoms with Gasteiger partial charge < -0.3 is 10.4 Å². The van der Waals surface area contributed by atoms with Crippen molar-refractivity contribution in [3.8, 4) is 0 Å². The number of hydrogen-bond acceptors (Lipinski definition) is 4. The summed E-state index contributed by atoms with van der Waals surface area (Å²) >= 11 is 1.72. The Balaban J connectivity index is 1.74. The Hall–Kier alpha value is -0.450. The third-order valence-electron chi connectivity index (χ3n) is 3.59. The fraction of sp³-hybridized carbons (Fsp3) is 0.750. The Morgan fingerprint density at radius 1 is 1.50 bits per heavy atom. The molecule has 1 fully saturated rings. The van der Waals surface area contributed by atoms with E-state index in [0.717, 1.165) is 18.8 Å². The summed E-state index contributed by atoms with van der Waals surface area (Å²) in [5.41, 5.74) is 3.04. The molecule has 0 radical (unpaired) electrons. The molecule has 0 spiro atoms. The average Bonchev–Trinajstić information content (AvgIpc) is 2.88. The second-order valence-electron chi connectivity index (χ2n) is 4.63. The summed E-state index contributed by atoms with van der Waals surface area (Å²) in [7, 11) is 0. The van der Waals surface area contributed by atoms with Crippen LogP contribution in [0.4, 0.5) is 0 Å². The van der Waals surface area contributed by atoms with Crippen molar-refractivity contribution >= 4 is 11.3 Å². The van der Waals surface area contributed by atoms with Crippen LogP contribution in [0, 0.1) is 18.8 Å². The van der Waals surface area contributed by atoms with Crippen molar-refractivity contribution < 1.29 is 5.11 Å². The summed E-state index contributed by atoms with van der Waals surface area (Å²) in [6.07, 6.45) is 3.74. The second-order valence-corrected chi connectivity index (χ2v) is 5.56. The molecule has 4 heteroatoms. The smallest absolute Gasteiger partial charge is 0.0798 e. The van der Waals surface area contributed by atoms with E-state index in [0.29, 0.717) is 18.4 Å². The van der Waals surface area contributed by atoms with Crippen molar-refractivity contribution in [2.45, 2.75) is 32.7 Å². The van der Waals surface area contributed by atoms with Gasteiger partial charge in [0.2, 0.25) is 0 Å². The van der Waals surface area contributed by atoms with Crippen molar-refractivity contribution in [3.05, 3.63) is 16.1 Å². The number of rotatable bonds is 5. The van der Waals surface area contributed by atoms with Gasteiger partial charge in [-0.15, -0.1) is 11.3 Å². The number of hydrogen-bond donors (Lipinski definition) is 2. The second kappa shape index (κ2) is 5.75. The number of nitrogens with one attached hydrogen (secondary N) is 1. The molecular formula is C12H20N2OS. The fourth-order valence-electron chi connectivity index (χ4n) is 2.49. The van der Waals surface area contributed by atoms with Gasteiger partial charge in [0.15, 0.2) is 0 Å². The van der Waals surface area contributed by atoms with Gasteiger partial charge in [-0.25, -0.2) is 4.98 Å². The van der Waals surface area contributed by atoms with Crippen LogP contribution < -0.4 is 5.32 Å². The van der Waals surface area contributed by atoms with E-state index >= 15 is 0 Å². The molecule has 0 aromatic carbocycles. The van der Waals surface area contributed by atoms with E-state index < -0.39 is 0 Å². The van der Waals surface area contributed by atoms with Gasteiger partial charge >= 0.3 is 0 Å². The first kappa shape index (κ1) is 12.0. The van der Waals surface area contributed by atoms with Crippen LogP contribution in [0.25, 0.3) is 0 Å². The van der Waals surface area contributed by atoms with Crippen molar-refractivity contribution in [2.75, 3.05) is 13.2 Å². The summed E-state index contributed by atoms with van der Waals surface area (Å²) in [5, 5.41) is 12.7. The highest BCUT2D eigenvalue weighted by molar-refractivity contribution is 7.09. The Bertz CT molecular complexity index is 327. The molecule has 0 aliphatic heterocycles. The highest BCUT2D eigenvalue weighted by Crippen LogP contribution is 2.30. The number of aromatic nitrogens is 1. The number of aliphatic hydroxyl groups is 1. The van der Waals surface area contributed by atoms with Crippen LogP contribution in [-0.4, -0.2) is 23.2 Å². The lowest BCUT2D eigenvalue weighted by molar-refractivity contribution is 0.192. The van der Waals surface area contributed by atoms with Crippen LogP contribution in [0.5, 0.6) is 0 Å². The number of aryl methyl sites for hydroxylation is 1. The van der Waals surface area contributed by atoms with Crippen LogP contribution in [0.1, 0.15) is 29.8 Å². The molecular weight excluding hydrogens is 220 g/mol. The Morgan fingerprint density at radius 3 is 3.00 bits per heavy atom. The lowest BCUT2D eigenvalue weighted by Crippen LogP contribution is -2.26. The summed E-state index contributed by atoms with van der Waals surface area (Å²) in [5.74, 6) is 1.19. The van der Waals surface area contributed by atoms with Gasteiger partial charge in [0, 0.05) is 18.0 Å². The SMILES string of the molecule is Cc1ncsc1CNCC1CCCC1CO. The van der Waals surface area contributed by atoms with Crippen molar-refractivity contribution in [1.29, 1.82) is 0 Å². The normalized spacial score (nSPS) is 25.1.